The summed E-state index contributed by atoms with van der Waals surface area (Å²) in [6.45, 7) is 1.40. The fourth-order valence-electron chi connectivity index (χ4n) is 1.76. The molecule has 1 aliphatic rings. The summed E-state index contributed by atoms with van der Waals surface area (Å²) in [7, 11) is 0. The quantitative estimate of drug-likeness (QED) is 0.848. The second kappa shape index (κ2) is 5.23. The number of hydrogen-bond acceptors (Lipinski definition) is 4. The Bertz CT molecular complexity index is 492. The van der Waals surface area contributed by atoms with Crippen molar-refractivity contribution >= 4 is 0 Å². The highest BCUT2D eigenvalue weighted by molar-refractivity contribution is 5.28. The minimum Gasteiger partial charge on any atom is -0.489 e. The summed E-state index contributed by atoms with van der Waals surface area (Å²) >= 11 is 0. The van der Waals surface area contributed by atoms with Crippen LogP contribution in [-0.4, -0.2) is 11.2 Å². The Hall–Kier alpha value is -1.81. The summed E-state index contributed by atoms with van der Waals surface area (Å²) in [5.74, 6) is 0.881. The van der Waals surface area contributed by atoms with Crippen molar-refractivity contribution < 1.29 is 9.26 Å². The van der Waals surface area contributed by atoms with Crippen LogP contribution >= 0.6 is 0 Å². The Kier molecular flexibility index (Phi) is 3.28. The van der Waals surface area contributed by atoms with Crippen molar-refractivity contribution in [2.45, 2.75) is 32.0 Å². The molecule has 2 aromatic rings. The predicted octanol–water partition coefficient (Wildman–Crippen LogP) is 2.51. The molecule has 1 fully saturated rings. The highest BCUT2D eigenvalue weighted by Crippen LogP contribution is 2.20. The first-order valence-corrected chi connectivity index (χ1v) is 6.23. The molecule has 0 spiro atoms. The average molecular weight is 244 g/mol. The zero-order valence-electron chi connectivity index (χ0n) is 10.1. The van der Waals surface area contributed by atoms with Gasteiger partial charge >= 0.3 is 0 Å². The van der Waals surface area contributed by atoms with Crippen LogP contribution in [0.5, 0.6) is 5.75 Å². The van der Waals surface area contributed by atoms with Crippen LogP contribution in [0.1, 0.15) is 24.0 Å². The van der Waals surface area contributed by atoms with Gasteiger partial charge in [0.15, 0.2) is 0 Å². The van der Waals surface area contributed by atoms with Gasteiger partial charge in [0.1, 0.15) is 18.6 Å². The molecular formula is C14H16N2O2. The van der Waals surface area contributed by atoms with Crippen molar-refractivity contribution in [1.29, 1.82) is 0 Å². The fraction of sp³-hybridized carbons (Fsp3) is 0.357. The molecule has 0 radical (unpaired) electrons. The molecule has 0 unspecified atom stereocenters. The maximum atomic E-state index is 5.69. The summed E-state index contributed by atoms with van der Waals surface area (Å²) < 4.78 is 10.4. The average Bonchev–Trinajstić information content (AvgIpc) is 3.09. The van der Waals surface area contributed by atoms with Crippen LogP contribution in [0.25, 0.3) is 0 Å². The van der Waals surface area contributed by atoms with Crippen molar-refractivity contribution in [3.8, 4) is 5.75 Å². The molecule has 4 nitrogen and oxygen atoms in total. The van der Waals surface area contributed by atoms with Gasteiger partial charge in [0, 0.05) is 18.2 Å². The zero-order chi connectivity index (χ0) is 12.2. The van der Waals surface area contributed by atoms with E-state index in [0.717, 1.165) is 23.9 Å². The van der Waals surface area contributed by atoms with Gasteiger partial charge in [-0.3, -0.25) is 0 Å². The normalized spacial score (nSPS) is 14.7. The molecule has 0 amide bonds. The Morgan fingerprint density at radius 3 is 3.06 bits per heavy atom. The van der Waals surface area contributed by atoms with Crippen LogP contribution in [0, 0.1) is 0 Å². The van der Waals surface area contributed by atoms with Gasteiger partial charge in [0.25, 0.3) is 0 Å². The van der Waals surface area contributed by atoms with Crippen LogP contribution in [-0.2, 0) is 13.2 Å². The lowest BCUT2D eigenvalue weighted by Gasteiger charge is -2.07. The molecular weight excluding hydrogens is 228 g/mol. The molecule has 0 aliphatic heterocycles. The monoisotopic (exact) mass is 244 g/mol. The maximum absolute atomic E-state index is 5.69. The smallest absolute Gasteiger partial charge is 0.130 e. The van der Waals surface area contributed by atoms with Gasteiger partial charge in [0.2, 0.25) is 0 Å². The fourth-order valence-corrected chi connectivity index (χ4v) is 1.76. The van der Waals surface area contributed by atoms with Gasteiger partial charge in [0.05, 0.1) is 6.20 Å². The lowest BCUT2D eigenvalue weighted by atomic mass is 10.2. The lowest BCUT2D eigenvalue weighted by Crippen LogP contribution is -2.15. The van der Waals surface area contributed by atoms with Gasteiger partial charge in [-0.25, -0.2) is 0 Å². The largest absolute Gasteiger partial charge is 0.489 e. The van der Waals surface area contributed by atoms with Crippen molar-refractivity contribution in [3.63, 3.8) is 0 Å². The number of nitrogens with one attached hydrogen (secondary N) is 1. The van der Waals surface area contributed by atoms with Crippen molar-refractivity contribution in [2.75, 3.05) is 0 Å². The van der Waals surface area contributed by atoms with Crippen LogP contribution in [0.2, 0.25) is 0 Å². The van der Waals surface area contributed by atoms with Crippen LogP contribution < -0.4 is 10.1 Å². The zero-order valence-corrected chi connectivity index (χ0v) is 10.1. The first-order valence-electron chi connectivity index (χ1n) is 6.23. The first-order chi connectivity index (χ1) is 8.90. The Balaban J connectivity index is 1.55. The minimum absolute atomic E-state index is 0.489. The highest BCUT2D eigenvalue weighted by Gasteiger charge is 2.19. The summed E-state index contributed by atoms with van der Waals surface area (Å²) in [6.07, 6.45) is 5.88. The Morgan fingerprint density at radius 2 is 2.28 bits per heavy atom. The van der Waals surface area contributed by atoms with Crippen LogP contribution in [0.4, 0.5) is 0 Å². The van der Waals surface area contributed by atoms with Gasteiger partial charge in [-0.15, -0.1) is 0 Å². The standard InChI is InChI=1S/C14H16N2O2/c1-2-11(7-15-13-4-5-13)6-14(3-1)17-9-12-8-16-18-10-12/h1-3,6,8,10,13,15H,4-5,7,9H2. The van der Waals surface area contributed by atoms with E-state index in [1.807, 2.05) is 12.1 Å². The molecule has 94 valence electrons. The molecule has 4 heteroatoms. The summed E-state index contributed by atoms with van der Waals surface area (Å²) in [5.41, 5.74) is 2.20. The van der Waals surface area contributed by atoms with E-state index in [0.29, 0.717) is 6.61 Å². The second-order valence-electron chi connectivity index (χ2n) is 4.62. The third kappa shape index (κ3) is 3.11. The molecule has 0 atom stereocenters. The van der Waals surface area contributed by atoms with E-state index in [9.17, 15) is 0 Å². The van der Waals surface area contributed by atoms with Gasteiger partial charge in [-0.1, -0.05) is 17.3 Å². The molecule has 0 bridgehead atoms. The third-order valence-electron chi connectivity index (χ3n) is 2.96. The SMILES string of the molecule is c1cc(CNC2CC2)cc(OCc2cnoc2)c1. The number of rotatable bonds is 6. The van der Waals surface area contributed by atoms with E-state index in [-0.39, 0.29) is 0 Å². The van der Waals surface area contributed by atoms with Gasteiger partial charge in [-0.05, 0) is 30.5 Å². The molecule has 1 N–H and O–H groups in total. The van der Waals surface area contributed by atoms with Gasteiger partial charge < -0.3 is 14.6 Å². The Labute approximate surface area is 106 Å². The van der Waals surface area contributed by atoms with E-state index in [1.165, 1.54) is 18.4 Å². The molecule has 3 rings (SSSR count). The molecule has 1 heterocycles. The highest BCUT2D eigenvalue weighted by atomic mass is 16.5. The minimum atomic E-state index is 0.489. The van der Waals surface area contributed by atoms with E-state index in [4.69, 9.17) is 9.26 Å². The molecule has 1 saturated carbocycles. The molecule has 18 heavy (non-hydrogen) atoms. The number of nitrogens with zero attached hydrogens (tertiary/aromatic N) is 1. The number of hydrogen-bond donors (Lipinski definition) is 1. The van der Waals surface area contributed by atoms with E-state index >= 15 is 0 Å². The number of benzene rings is 1. The van der Waals surface area contributed by atoms with E-state index in [1.54, 1.807) is 12.5 Å². The van der Waals surface area contributed by atoms with Crippen molar-refractivity contribution in [1.82, 2.24) is 10.5 Å². The summed E-state index contributed by atoms with van der Waals surface area (Å²) in [4.78, 5) is 0. The van der Waals surface area contributed by atoms with Crippen LogP contribution in [0.3, 0.4) is 0 Å². The Morgan fingerprint density at radius 1 is 1.33 bits per heavy atom. The number of aromatic nitrogens is 1. The lowest BCUT2D eigenvalue weighted by molar-refractivity contribution is 0.304. The number of ether oxygens (including phenoxy) is 1. The topological polar surface area (TPSA) is 47.3 Å². The van der Waals surface area contributed by atoms with Crippen LogP contribution in [0.15, 0.2) is 41.2 Å². The van der Waals surface area contributed by atoms with Crippen molar-refractivity contribution in [3.05, 3.63) is 47.9 Å². The van der Waals surface area contributed by atoms with E-state index < -0.39 is 0 Å². The molecule has 1 aromatic heterocycles. The van der Waals surface area contributed by atoms with E-state index in [2.05, 4.69) is 22.6 Å². The summed E-state index contributed by atoms with van der Waals surface area (Å²) in [6, 6.07) is 8.90. The predicted molar refractivity (Wildman–Crippen MR) is 67.1 cm³/mol. The molecule has 0 saturated heterocycles. The second-order valence-corrected chi connectivity index (χ2v) is 4.62. The summed E-state index contributed by atoms with van der Waals surface area (Å²) in [5, 5.41) is 7.13. The van der Waals surface area contributed by atoms with Gasteiger partial charge in [-0.2, -0.15) is 0 Å². The first kappa shape index (κ1) is 11.3. The third-order valence-corrected chi connectivity index (χ3v) is 2.96. The van der Waals surface area contributed by atoms with Crippen molar-refractivity contribution in [2.24, 2.45) is 0 Å². The maximum Gasteiger partial charge on any atom is 0.130 e. The molecule has 1 aliphatic carbocycles. The molecule has 1 aromatic carbocycles.